The molecular weight excluding hydrogens is 291 g/mol. The number of rotatable bonds is 5. The zero-order valence-corrected chi connectivity index (χ0v) is 13.8. The molecule has 0 atom stereocenters. The highest BCUT2D eigenvalue weighted by Gasteiger charge is 2.24. The maximum absolute atomic E-state index is 14.0. The summed E-state index contributed by atoms with van der Waals surface area (Å²) >= 11 is 0. The van der Waals surface area contributed by atoms with E-state index in [0.29, 0.717) is 24.6 Å². The van der Waals surface area contributed by atoms with Gasteiger partial charge in [-0.1, -0.05) is 38.1 Å². The molecule has 2 rings (SSSR count). The number of benzene rings is 1. The molecule has 1 aromatic carbocycles. The molecule has 2 N–H and O–H groups in total. The van der Waals surface area contributed by atoms with Gasteiger partial charge in [0.2, 0.25) is 0 Å². The normalized spacial score (nSPS) is 12.1. The van der Waals surface area contributed by atoms with Crippen LogP contribution >= 0.6 is 0 Å². The molecule has 1 aromatic heterocycles. The Morgan fingerprint density at radius 3 is 2.52 bits per heavy atom. The van der Waals surface area contributed by atoms with E-state index in [2.05, 4.69) is 20.6 Å². The predicted octanol–water partition coefficient (Wildman–Crippen LogP) is 2.86. The lowest BCUT2D eigenvalue weighted by Gasteiger charge is -2.27. The van der Waals surface area contributed by atoms with Crippen molar-refractivity contribution in [2.45, 2.75) is 25.8 Å². The van der Waals surface area contributed by atoms with Crippen LogP contribution < -0.4 is 10.6 Å². The number of hydrogen-bond donors (Lipinski definition) is 2. The monoisotopic (exact) mass is 314 g/mol. The van der Waals surface area contributed by atoms with E-state index in [9.17, 15) is 4.39 Å². The van der Waals surface area contributed by atoms with Gasteiger partial charge in [0, 0.05) is 25.2 Å². The summed E-state index contributed by atoms with van der Waals surface area (Å²) in [5.74, 6) is 0.482. The molecule has 2 aromatic rings. The SMILES string of the molecule is CN=C(NCc1ccccn1)NCC(C)(C)c1ccccc1F. The van der Waals surface area contributed by atoms with Crippen LogP contribution in [0.1, 0.15) is 25.1 Å². The first kappa shape index (κ1) is 16.9. The summed E-state index contributed by atoms with van der Waals surface area (Å²) in [6, 6.07) is 12.6. The molecule has 122 valence electrons. The van der Waals surface area contributed by atoms with E-state index in [4.69, 9.17) is 0 Å². The molecule has 0 aliphatic heterocycles. The van der Waals surface area contributed by atoms with Crippen molar-refractivity contribution >= 4 is 5.96 Å². The molecule has 0 spiro atoms. The molecule has 0 bridgehead atoms. The minimum atomic E-state index is -0.353. The fraction of sp³-hybridized carbons (Fsp3) is 0.333. The number of aromatic nitrogens is 1. The quantitative estimate of drug-likeness (QED) is 0.659. The molecule has 0 saturated carbocycles. The van der Waals surface area contributed by atoms with E-state index in [1.165, 1.54) is 6.07 Å². The van der Waals surface area contributed by atoms with Crippen LogP contribution in [0.15, 0.2) is 53.7 Å². The first-order valence-corrected chi connectivity index (χ1v) is 7.62. The van der Waals surface area contributed by atoms with Crippen molar-refractivity contribution in [3.63, 3.8) is 0 Å². The summed E-state index contributed by atoms with van der Waals surface area (Å²) < 4.78 is 14.0. The third kappa shape index (κ3) is 4.77. The van der Waals surface area contributed by atoms with E-state index in [1.807, 2.05) is 44.2 Å². The summed E-state index contributed by atoms with van der Waals surface area (Å²) in [6.45, 7) is 5.16. The van der Waals surface area contributed by atoms with Gasteiger partial charge in [-0.05, 0) is 23.8 Å². The fourth-order valence-electron chi connectivity index (χ4n) is 2.31. The van der Waals surface area contributed by atoms with Gasteiger partial charge in [0.25, 0.3) is 0 Å². The summed E-state index contributed by atoms with van der Waals surface area (Å²) in [4.78, 5) is 8.45. The van der Waals surface area contributed by atoms with Gasteiger partial charge in [0.1, 0.15) is 5.82 Å². The number of pyridine rings is 1. The van der Waals surface area contributed by atoms with Gasteiger partial charge in [0.15, 0.2) is 5.96 Å². The Morgan fingerprint density at radius 2 is 1.87 bits per heavy atom. The molecular formula is C18H23FN4. The first-order valence-electron chi connectivity index (χ1n) is 7.62. The van der Waals surface area contributed by atoms with Crippen LogP contribution in [0, 0.1) is 5.82 Å². The van der Waals surface area contributed by atoms with Crippen LogP contribution in [0.4, 0.5) is 4.39 Å². The van der Waals surface area contributed by atoms with Crippen LogP contribution in [-0.2, 0) is 12.0 Å². The van der Waals surface area contributed by atoms with Gasteiger partial charge in [-0.2, -0.15) is 0 Å². The van der Waals surface area contributed by atoms with Gasteiger partial charge in [0.05, 0.1) is 12.2 Å². The minimum Gasteiger partial charge on any atom is -0.356 e. The highest BCUT2D eigenvalue weighted by Crippen LogP contribution is 2.24. The maximum atomic E-state index is 14.0. The van der Waals surface area contributed by atoms with Crippen LogP contribution in [0.3, 0.4) is 0 Å². The second kappa shape index (κ2) is 7.72. The van der Waals surface area contributed by atoms with Crippen molar-refractivity contribution in [3.8, 4) is 0 Å². The third-order valence-corrected chi connectivity index (χ3v) is 3.69. The van der Waals surface area contributed by atoms with Gasteiger partial charge in [-0.3, -0.25) is 9.98 Å². The number of halogens is 1. The van der Waals surface area contributed by atoms with Crippen LogP contribution in [-0.4, -0.2) is 24.5 Å². The minimum absolute atomic E-state index is 0.185. The lowest BCUT2D eigenvalue weighted by molar-refractivity contribution is 0.473. The highest BCUT2D eigenvalue weighted by molar-refractivity contribution is 5.79. The zero-order chi connectivity index (χ0) is 16.7. The summed E-state index contributed by atoms with van der Waals surface area (Å²) in [5.41, 5.74) is 1.27. The molecule has 0 fully saturated rings. The smallest absolute Gasteiger partial charge is 0.191 e. The Bertz CT molecular complexity index is 653. The molecule has 0 aliphatic rings. The predicted molar refractivity (Wildman–Crippen MR) is 91.9 cm³/mol. The summed E-state index contributed by atoms with van der Waals surface area (Å²) in [6.07, 6.45) is 1.76. The second-order valence-electron chi connectivity index (χ2n) is 5.96. The maximum Gasteiger partial charge on any atom is 0.191 e. The Balaban J connectivity index is 1.93. The molecule has 0 amide bonds. The number of nitrogens with zero attached hydrogens (tertiary/aromatic N) is 2. The van der Waals surface area contributed by atoms with Crippen molar-refractivity contribution < 1.29 is 4.39 Å². The zero-order valence-electron chi connectivity index (χ0n) is 13.8. The summed E-state index contributed by atoms with van der Waals surface area (Å²) in [7, 11) is 1.71. The van der Waals surface area contributed by atoms with Crippen molar-refractivity contribution in [1.29, 1.82) is 0 Å². The van der Waals surface area contributed by atoms with E-state index in [1.54, 1.807) is 19.3 Å². The molecule has 1 heterocycles. The molecule has 0 saturated heterocycles. The van der Waals surface area contributed by atoms with Crippen LogP contribution in [0.5, 0.6) is 0 Å². The molecule has 0 unspecified atom stereocenters. The number of hydrogen-bond acceptors (Lipinski definition) is 2. The second-order valence-corrected chi connectivity index (χ2v) is 5.96. The average Bonchev–Trinajstić information content (AvgIpc) is 2.56. The fourth-order valence-corrected chi connectivity index (χ4v) is 2.31. The molecule has 23 heavy (non-hydrogen) atoms. The number of aliphatic imine (C=N–C) groups is 1. The largest absolute Gasteiger partial charge is 0.356 e. The standard InChI is InChI=1S/C18H23FN4/c1-18(2,15-9-4-5-10-16(15)19)13-23-17(20-3)22-12-14-8-6-7-11-21-14/h4-11H,12-13H2,1-3H3,(H2,20,22,23). The van der Waals surface area contributed by atoms with Gasteiger partial charge >= 0.3 is 0 Å². The van der Waals surface area contributed by atoms with Crippen molar-refractivity contribution in [2.75, 3.05) is 13.6 Å². The lowest BCUT2D eigenvalue weighted by atomic mass is 9.84. The number of nitrogens with one attached hydrogen (secondary N) is 2. The molecule has 0 aliphatic carbocycles. The average molecular weight is 314 g/mol. The Hall–Kier alpha value is -2.43. The lowest BCUT2D eigenvalue weighted by Crippen LogP contribution is -2.43. The van der Waals surface area contributed by atoms with Crippen molar-refractivity contribution in [1.82, 2.24) is 15.6 Å². The Morgan fingerprint density at radius 1 is 1.13 bits per heavy atom. The van der Waals surface area contributed by atoms with Gasteiger partial charge < -0.3 is 10.6 Å². The van der Waals surface area contributed by atoms with Gasteiger partial charge in [-0.25, -0.2) is 4.39 Å². The van der Waals surface area contributed by atoms with Crippen LogP contribution in [0.2, 0.25) is 0 Å². The molecule has 4 nitrogen and oxygen atoms in total. The topological polar surface area (TPSA) is 49.3 Å². The first-order chi connectivity index (χ1) is 11.0. The van der Waals surface area contributed by atoms with E-state index in [0.717, 1.165) is 5.69 Å². The van der Waals surface area contributed by atoms with E-state index < -0.39 is 0 Å². The van der Waals surface area contributed by atoms with Crippen molar-refractivity contribution in [2.24, 2.45) is 4.99 Å². The van der Waals surface area contributed by atoms with E-state index in [-0.39, 0.29) is 11.2 Å². The van der Waals surface area contributed by atoms with Crippen molar-refractivity contribution in [3.05, 3.63) is 65.7 Å². The molecule has 5 heteroatoms. The van der Waals surface area contributed by atoms with E-state index >= 15 is 0 Å². The van der Waals surface area contributed by atoms with Crippen LogP contribution in [0.25, 0.3) is 0 Å². The summed E-state index contributed by atoms with van der Waals surface area (Å²) in [5, 5.41) is 6.46. The molecule has 0 radical (unpaired) electrons. The number of guanidine groups is 1. The van der Waals surface area contributed by atoms with Gasteiger partial charge in [-0.15, -0.1) is 0 Å². The third-order valence-electron chi connectivity index (χ3n) is 3.69. The highest BCUT2D eigenvalue weighted by atomic mass is 19.1. The Labute approximate surface area is 136 Å². The Kier molecular flexibility index (Phi) is 5.68.